The highest BCUT2D eigenvalue weighted by Gasteiger charge is 2.14. The summed E-state index contributed by atoms with van der Waals surface area (Å²) < 4.78 is 1.66. The number of imidazole rings is 1. The molecule has 5 heteroatoms. The van der Waals surface area contributed by atoms with Crippen molar-refractivity contribution < 1.29 is 15.0 Å². The van der Waals surface area contributed by atoms with Gasteiger partial charge in [-0.25, -0.2) is 4.98 Å². The second kappa shape index (κ2) is 4.52. The highest BCUT2D eigenvalue weighted by atomic mass is 16.4. The molecule has 0 atom stereocenters. The third kappa shape index (κ3) is 2.20. The average molecular weight is 246 g/mol. The topological polar surface area (TPSA) is 75.4 Å². The normalized spacial score (nSPS) is 10.6. The van der Waals surface area contributed by atoms with E-state index in [1.807, 2.05) is 13.8 Å². The predicted octanol–water partition coefficient (Wildman–Crippen LogP) is 1.96. The minimum Gasteiger partial charge on any atom is -0.508 e. The smallest absolute Gasteiger partial charge is 0.323 e. The number of carbonyl (C=O) groups is 1. The minimum atomic E-state index is -0.907. The molecular weight excluding hydrogens is 232 g/mol. The molecular formula is C13H14N2O3. The molecule has 0 aliphatic rings. The molecule has 2 rings (SSSR count). The van der Waals surface area contributed by atoms with Gasteiger partial charge in [-0.3, -0.25) is 4.79 Å². The number of carboxylic acids is 1. The van der Waals surface area contributed by atoms with Gasteiger partial charge in [-0.1, -0.05) is 0 Å². The first-order valence-electron chi connectivity index (χ1n) is 5.54. The zero-order chi connectivity index (χ0) is 13.3. The molecule has 0 radical (unpaired) electrons. The first kappa shape index (κ1) is 12.2. The van der Waals surface area contributed by atoms with Crippen LogP contribution < -0.4 is 0 Å². The van der Waals surface area contributed by atoms with E-state index in [4.69, 9.17) is 5.11 Å². The molecule has 1 heterocycles. The lowest BCUT2D eigenvalue weighted by Crippen LogP contribution is -2.11. The summed E-state index contributed by atoms with van der Waals surface area (Å²) in [5, 5.41) is 18.2. The Morgan fingerprint density at radius 3 is 2.44 bits per heavy atom. The maximum absolute atomic E-state index is 10.9. The van der Waals surface area contributed by atoms with Gasteiger partial charge < -0.3 is 14.8 Å². The predicted molar refractivity (Wildman–Crippen MR) is 66.4 cm³/mol. The molecule has 0 fully saturated rings. The van der Waals surface area contributed by atoms with Crippen LogP contribution in [-0.2, 0) is 11.3 Å². The Morgan fingerprint density at radius 2 is 1.89 bits per heavy atom. The fourth-order valence-electron chi connectivity index (χ4n) is 1.81. The molecule has 18 heavy (non-hydrogen) atoms. The van der Waals surface area contributed by atoms with Gasteiger partial charge in [-0.15, -0.1) is 0 Å². The number of phenolic OH excluding ortho intramolecular Hbond substituents is 1. The number of aromatic hydroxyl groups is 1. The van der Waals surface area contributed by atoms with Crippen molar-refractivity contribution in [3.8, 4) is 17.1 Å². The van der Waals surface area contributed by atoms with Crippen molar-refractivity contribution in [3.63, 3.8) is 0 Å². The number of hydrogen-bond acceptors (Lipinski definition) is 3. The molecule has 0 saturated heterocycles. The number of phenols is 1. The molecule has 2 aromatic rings. The van der Waals surface area contributed by atoms with Gasteiger partial charge in [-0.05, 0) is 38.1 Å². The van der Waals surface area contributed by atoms with E-state index in [0.717, 1.165) is 17.0 Å². The van der Waals surface area contributed by atoms with Crippen LogP contribution in [-0.4, -0.2) is 25.7 Å². The van der Waals surface area contributed by atoms with Crippen molar-refractivity contribution in [3.05, 3.63) is 35.7 Å². The van der Waals surface area contributed by atoms with Crippen molar-refractivity contribution in [2.24, 2.45) is 0 Å². The monoisotopic (exact) mass is 246 g/mol. The molecule has 5 nitrogen and oxygen atoms in total. The maximum Gasteiger partial charge on any atom is 0.323 e. The number of carboxylic acid groups (broad SMARTS) is 1. The van der Waals surface area contributed by atoms with Crippen LogP contribution in [0.5, 0.6) is 5.75 Å². The Hall–Kier alpha value is -2.30. The van der Waals surface area contributed by atoms with E-state index in [9.17, 15) is 9.90 Å². The van der Waals surface area contributed by atoms with Crippen LogP contribution in [0, 0.1) is 13.8 Å². The Kier molecular flexibility index (Phi) is 3.06. The van der Waals surface area contributed by atoms with Crippen LogP contribution in [0.4, 0.5) is 0 Å². The van der Waals surface area contributed by atoms with E-state index < -0.39 is 5.97 Å². The zero-order valence-corrected chi connectivity index (χ0v) is 10.2. The Labute approximate surface area is 104 Å². The maximum atomic E-state index is 10.9. The lowest BCUT2D eigenvalue weighted by atomic mass is 10.2. The van der Waals surface area contributed by atoms with Gasteiger partial charge in [-0.2, -0.15) is 0 Å². The number of aliphatic carboxylic acids is 1. The molecule has 0 bridgehead atoms. The highest BCUT2D eigenvalue weighted by Crippen LogP contribution is 2.23. The molecule has 0 saturated carbocycles. The molecule has 0 amide bonds. The molecule has 0 aliphatic heterocycles. The van der Waals surface area contributed by atoms with E-state index in [2.05, 4.69) is 4.98 Å². The molecule has 1 aromatic carbocycles. The van der Waals surface area contributed by atoms with E-state index >= 15 is 0 Å². The van der Waals surface area contributed by atoms with Crippen LogP contribution in [0.25, 0.3) is 11.4 Å². The first-order chi connectivity index (χ1) is 8.49. The summed E-state index contributed by atoms with van der Waals surface area (Å²) in [5.74, 6) is -0.133. The fourth-order valence-corrected chi connectivity index (χ4v) is 1.81. The van der Waals surface area contributed by atoms with Crippen molar-refractivity contribution in [2.45, 2.75) is 20.4 Å². The van der Waals surface area contributed by atoms with Crippen LogP contribution in [0.3, 0.4) is 0 Å². The molecule has 2 N–H and O–H groups in total. The minimum absolute atomic E-state index is 0.122. The Bertz CT molecular complexity index is 585. The van der Waals surface area contributed by atoms with E-state index in [1.165, 1.54) is 0 Å². The van der Waals surface area contributed by atoms with Gasteiger partial charge in [0.15, 0.2) is 0 Å². The van der Waals surface area contributed by atoms with Crippen LogP contribution in [0.15, 0.2) is 24.3 Å². The van der Waals surface area contributed by atoms with E-state index in [1.54, 1.807) is 28.8 Å². The first-order valence-corrected chi connectivity index (χ1v) is 5.54. The third-order valence-corrected chi connectivity index (χ3v) is 2.88. The second-order valence-electron chi connectivity index (χ2n) is 4.13. The summed E-state index contributed by atoms with van der Waals surface area (Å²) in [6.45, 7) is 3.57. The second-order valence-corrected chi connectivity index (χ2v) is 4.13. The lowest BCUT2D eigenvalue weighted by Gasteiger charge is -2.07. The summed E-state index contributed by atoms with van der Waals surface area (Å²) >= 11 is 0. The molecule has 0 unspecified atom stereocenters. The molecule has 0 spiro atoms. The fraction of sp³-hybridized carbons (Fsp3) is 0.231. The van der Waals surface area contributed by atoms with Gasteiger partial charge in [0.05, 0.1) is 5.69 Å². The summed E-state index contributed by atoms with van der Waals surface area (Å²) in [4.78, 5) is 15.3. The van der Waals surface area contributed by atoms with Gasteiger partial charge >= 0.3 is 5.97 Å². The van der Waals surface area contributed by atoms with Crippen molar-refractivity contribution >= 4 is 5.97 Å². The number of benzene rings is 1. The molecule has 1 aromatic heterocycles. The largest absolute Gasteiger partial charge is 0.508 e. The van der Waals surface area contributed by atoms with Crippen LogP contribution >= 0.6 is 0 Å². The lowest BCUT2D eigenvalue weighted by molar-refractivity contribution is -0.137. The SMILES string of the molecule is Cc1nc(-c2ccc(O)cc2)n(CC(=O)O)c1C. The number of rotatable bonds is 3. The van der Waals surface area contributed by atoms with Gasteiger partial charge in [0, 0.05) is 11.3 Å². The summed E-state index contributed by atoms with van der Waals surface area (Å²) in [6, 6.07) is 6.55. The third-order valence-electron chi connectivity index (χ3n) is 2.88. The Morgan fingerprint density at radius 1 is 1.28 bits per heavy atom. The average Bonchev–Trinajstić information content (AvgIpc) is 2.58. The van der Waals surface area contributed by atoms with Crippen molar-refractivity contribution in [2.75, 3.05) is 0 Å². The van der Waals surface area contributed by atoms with E-state index in [0.29, 0.717) is 5.82 Å². The Balaban J connectivity index is 2.53. The van der Waals surface area contributed by atoms with Gasteiger partial charge in [0.25, 0.3) is 0 Å². The zero-order valence-electron chi connectivity index (χ0n) is 10.2. The number of nitrogens with zero attached hydrogens (tertiary/aromatic N) is 2. The summed E-state index contributed by atoms with van der Waals surface area (Å²) in [6.07, 6.45) is 0. The molecule has 0 aliphatic carbocycles. The van der Waals surface area contributed by atoms with Crippen molar-refractivity contribution in [1.82, 2.24) is 9.55 Å². The summed E-state index contributed by atoms with van der Waals surface area (Å²) in [5.41, 5.74) is 2.42. The van der Waals surface area contributed by atoms with Gasteiger partial charge in [0.2, 0.25) is 0 Å². The van der Waals surface area contributed by atoms with Crippen LogP contribution in [0.1, 0.15) is 11.4 Å². The standard InChI is InChI=1S/C13H14N2O3/c1-8-9(2)15(7-12(17)18)13(14-8)10-3-5-11(16)6-4-10/h3-6,16H,7H2,1-2H3,(H,17,18). The molecule has 94 valence electrons. The number of aryl methyl sites for hydroxylation is 1. The van der Waals surface area contributed by atoms with Crippen LogP contribution in [0.2, 0.25) is 0 Å². The number of aromatic nitrogens is 2. The number of hydrogen-bond donors (Lipinski definition) is 2. The van der Waals surface area contributed by atoms with Crippen molar-refractivity contribution in [1.29, 1.82) is 0 Å². The quantitative estimate of drug-likeness (QED) is 0.868. The summed E-state index contributed by atoms with van der Waals surface area (Å²) in [7, 11) is 0. The van der Waals surface area contributed by atoms with E-state index in [-0.39, 0.29) is 12.3 Å². The highest BCUT2D eigenvalue weighted by molar-refractivity contribution is 5.69. The van der Waals surface area contributed by atoms with Gasteiger partial charge in [0.1, 0.15) is 18.1 Å².